The number of aromatic amines is 2. The second-order valence-corrected chi connectivity index (χ2v) is 8.16. The molecule has 0 fully saturated rings. The molecular formula is C26H23N3O. The van der Waals surface area contributed by atoms with Crippen molar-refractivity contribution in [1.29, 1.82) is 0 Å². The molecule has 0 spiro atoms. The summed E-state index contributed by atoms with van der Waals surface area (Å²) in [6.45, 7) is 1.79. The number of phenols is 1. The first-order valence-electron chi connectivity index (χ1n) is 10.5. The molecule has 4 nitrogen and oxygen atoms in total. The van der Waals surface area contributed by atoms with Crippen LogP contribution in [-0.4, -0.2) is 26.5 Å². The Morgan fingerprint density at radius 3 is 2.57 bits per heavy atom. The molecule has 3 aromatic carbocycles. The molecule has 0 bridgehead atoms. The number of hydrogen-bond acceptors (Lipinski definition) is 2. The molecule has 0 saturated heterocycles. The lowest BCUT2D eigenvalue weighted by Gasteiger charge is -2.36. The molecule has 148 valence electrons. The highest BCUT2D eigenvalue weighted by Crippen LogP contribution is 2.39. The van der Waals surface area contributed by atoms with E-state index in [1.165, 1.54) is 38.8 Å². The first kappa shape index (κ1) is 17.4. The lowest BCUT2D eigenvalue weighted by atomic mass is 9.92. The van der Waals surface area contributed by atoms with Gasteiger partial charge >= 0.3 is 0 Å². The number of nitrogens with zero attached hydrogens (tertiary/aromatic N) is 1. The van der Waals surface area contributed by atoms with Crippen molar-refractivity contribution in [3.63, 3.8) is 0 Å². The number of fused-ring (bicyclic) bond motifs is 4. The Labute approximate surface area is 174 Å². The third-order valence-electron chi connectivity index (χ3n) is 6.28. The summed E-state index contributed by atoms with van der Waals surface area (Å²) in [4.78, 5) is 9.77. The van der Waals surface area contributed by atoms with Gasteiger partial charge in [0.25, 0.3) is 0 Å². The number of benzene rings is 3. The van der Waals surface area contributed by atoms with Crippen LogP contribution in [0.3, 0.4) is 0 Å². The predicted octanol–water partition coefficient (Wildman–Crippen LogP) is 5.50. The summed E-state index contributed by atoms with van der Waals surface area (Å²) >= 11 is 0. The van der Waals surface area contributed by atoms with Gasteiger partial charge in [-0.15, -0.1) is 0 Å². The Morgan fingerprint density at radius 1 is 0.867 bits per heavy atom. The Balaban J connectivity index is 1.46. The molecular weight excluding hydrogens is 370 g/mol. The number of rotatable bonds is 3. The van der Waals surface area contributed by atoms with Crippen LogP contribution in [0.5, 0.6) is 5.75 Å². The SMILES string of the molecule is Oc1cccc(C2c3[nH]c4ccccc4c3CCN2Cc2cc3ccccc3[nH]2)c1. The summed E-state index contributed by atoms with van der Waals surface area (Å²) in [6.07, 6.45) is 1.01. The number of phenolic OH excluding ortho intramolecular Hbond substituents is 1. The van der Waals surface area contributed by atoms with Crippen LogP contribution in [0.1, 0.15) is 28.6 Å². The minimum atomic E-state index is 0.0691. The van der Waals surface area contributed by atoms with E-state index in [0.29, 0.717) is 5.75 Å². The van der Waals surface area contributed by atoms with Crippen LogP contribution in [-0.2, 0) is 13.0 Å². The predicted molar refractivity (Wildman–Crippen MR) is 121 cm³/mol. The van der Waals surface area contributed by atoms with Gasteiger partial charge in [0.15, 0.2) is 0 Å². The van der Waals surface area contributed by atoms with E-state index in [0.717, 1.165) is 25.1 Å². The highest BCUT2D eigenvalue weighted by molar-refractivity contribution is 5.85. The molecule has 0 radical (unpaired) electrons. The van der Waals surface area contributed by atoms with Crippen molar-refractivity contribution in [3.05, 3.63) is 101 Å². The summed E-state index contributed by atoms with van der Waals surface area (Å²) in [5, 5.41) is 12.7. The van der Waals surface area contributed by atoms with Crippen molar-refractivity contribution in [2.45, 2.75) is 19.0 Å². The molecule has 0 aliphatic carbocycles. The number of para-hydroxylation sites is 2. The maximum atomic E-state index is 10.2. The average Bonchev–Trinajstić information content (AvgIpc) is 3.34. The monoisotopic (exact) mass is 393 g/mol. The van der Waals surface area contributed by atoms with Gasteiger partial charge in [-0.25, -0.2) is 0 Å². The second-order valence-electron chi connectivity index (χ2n) is 8.16. The first-order chi connectivity index (χ1) is 14.8. The number of aromatic hydroxyl groups is 1. The van der Waals surface area contributed by atoms with Crippen LogP contribution in [0, 0.1) is 0 Å². The molecule has 5 aromatic rings. The molecule has 1 aliphatic rings. The van der Waals surface area contributed by atoms with E-state index >= 15 is 0 Å². The van der Waals surface area contributed by atoms with Gasteiger partial charge < -0.3 is 15.1 Å². The van der Waals surface area contributed by atoms with E-state index in [2.05, 4.69) is 75.5 Å². The fraction of sp³-hybridized carbons (Fsp3) is 0.154. The number of H-pyrrole nitrogens is 2. The van der Waals surface area contributed by atoms with E-state index in [1.807, 2.05) is 12.1 Å². The minimum Gasteiger partial charge on any atom is -0.508 e. The van der Waals surface area contributed by atoms with Crippen LogP contribution in [0.15, 0.2) is 78.9 Å². The molecule has 3 heterocycles. The van der Waals surface area contributed by atoms with Gasteiger partial charge in [0, 0.05) is 40.9 Å². The zero-order valence-corrected chi connectivity index (χ0v) is 16.6. The highest BCUT2D eigenvalue weighted by atomic mass is 16.3. The first-order valence-corrected chi connectivity index (χ1v) is 10.5. The van der Waals surface area contributed by atoms with E-state index < -0.39 is 0 Å². The standard InChI is InChI=1S/C26H23N3O/c30-20-8-5-7-18(15-20)26-25-22(21-9-2-4-11-24(21)28-25)12-13-29(26)16-19-14-17-6-1-3-10-23(17)27-19/h1-11,14-15,26-28,30H,12-13,16H2. The molecule has 0 amide bonds. The molecule has 3 N–H and O–H groups in total. The number of aromatic nitrogens is 2. The van der Waals surface area contributed by atoms with Crippen molar-refractivity contribution in [2.75, 3.05) is 6.54 Å². The third-order valence-corrected chi connectivity index (χ3v) is 6.28. The highest BCUT2D eigenvalue weighted by Gasteiger charge is 2.32. The average molecular weight is 393 g/mol. The van der Waals surface area contributed by atoms with Crippen LogP contribution in [0.4, 0.5) is 0 Å². The van der Waals surface area contributed by atoms with Gasteiger partial charge in [0.05, 0.1) is 6.04 Å². The van der Waals surface area contributed by atoms with Crippen LogP contribution in [0.25, 0.3) is 21.8 Å². The zero-order chi connectivity index (χ0) is 20.1. The minimum absolute atomic E-state index is 0.0691. The molecule has 4 heteroatoms. The van der Waals surface area contributed by atoms with Crippen molar-refractivity contribution in [3.8, 4) is 5.75 Å². The van der Waals surface area contributed by atoms with Crippen molar-refractivity contribution < 1.29 is 5.11 Å². The third kappa shape index (κ3) is 2.80. The summed E-state index contributed by atoms with van der Waals surface area (Å²) < 4.78 is 0. The van der Waals surface area contributed by atoms with Gasteiger partial charge in [-0.1, -0.05) is 48.5 Å². The molecule has 1 unspecified atom stereocenters. The van der Waals surface area contributed by atoms with E-state index in [1.54, 1.807) is 6.07 Å². The fourth-order valence-electron chi connectivity index (χ4n) is 4.97. The maximum absolute atomic E-state index is 10.2. The van der Waals surface area contributed by atoms with Gasteiger partial charge in [-0.2, -0.15) is 0 Å². The quantitative estimate of drug-likeness (QED) is 0.379. The second kappa shape index (κ2) is 6.78. The Bertz CT molecular complexity index is 1330. The van der Waals surface area contributed by atoms with E-state index in [4.69, 9.17) is 0 Å². The van der Waals surface area contributed by atoms with Crippen molar-refractivity contribution in [2.24, 2.45) is 0 Å². The van der Waals surface area contributed by atoms with Gasteiger partial charge in [-0.3, -0.25) is 4.90 Å². The number of hydrogen-bond donors (Lipinski definition) is 3. The number of nitrogens with one attached hydrogen (secondary N) is 2. The Hall–Kier alpha value is -3.50. The van der Waals surface area contributed by atoms with Crippen LogP contribution >= 0.6 is 0 Å². The molecule has 30 heavy (non-hydrogen) atoms. The van der Waals surface area contributed by atoms with Crippen molar-refractivity contribution in [1.82, 2.24) is 14.9 Å². The molecule has 0 saturated carbocycles. The van der Waals surface area contributed by atoms with Crippen molar-refractivity contribution >= 4 is 21.8 Å². The van der Waals surface area contributed by atoms with Crippen LogP contribution < -0.4 is 0 Å². The lowest BCUT2D eigenvalue weighted by Crippen LogP contribution is -2.35. The Morgan fingerprint density at radius 2 is 1.70 bits per heavy atom. The summed E-state index contributed by atoms with van der Waals surface area (Å²) in [7, 11) is 0. The van der Waals surface area contributed by atoms with Gasteiger partial charge in [0.1, 0.15) is 5.75 Å². The van der Waals surface area contributed by atoms with Gasteiger partial charge in [0.2, 0.25) is 0 Å². The van der Waals surface area contributed by atoms with E-state index in [-0.39, 0.29) is 6.04 Å². The molecule has 1 aliphatic heterocycles. The zero-order valence-electron chi connectivity index (χ0n) is 16.6. The van der Waals surface area contributed by atoms with Gasteiger partial charge in [-0.05, 0) is 53.3 Å². The summed E-state index contributed by atoms with van der Waals surface area (Å²) in [5.74, 6) is 0.307. The normalized spacial score (nSPS) is 16.9. The lowest BCUT2D eigenvalue weighted by molar-refractivity contribution is 0.200. The topological polar surface area (TPSA) is 55.0 Å². The fourth-order valence-corrected chi connectivity index (χ4v) is 4.97. The molecule has 1 atom stereocenters. The van der Waals surface area contributed by atoms with E-state index in [9.17, 15) is 5.11 Å². The molecule has 2 aromatic heterocycles. The Kier molecular flexibility index (Phi) is 3.93. The largest absolute Gasteiger partial charge is 0.508 e. The summed E-state index contributed by atoms with van der Waals surface area (Å²) in [6, 6.07) is 26.9. The maximum Gasteiger partial charge on any atom is 0.115 e. The summed E-state index contributed by atoms with van der Waals surface area (Å²) in [5.41, 5.74) is 7.31. The smallest absolute Gasteiger partial charge is 0.115 e. The van der Waals surface area contributed by atoms with Crippen LogP contribution in [0.2, 0.25) is 0 Å². The molecule has 6 rings (SSSR count).